The molecule has 1 aromatic carbocycles. The average Bonchev–Trinajstić information content (AvgIpc) is 2.66. The first kappa shape index (κ1) is 21.6. The van der Waals surface area contributed by atoms with Crippen molar-refractivity contribution in [2.75, 3.05) is 20.3 Å². The van der Waals surface area contributed by atoms with E-state index in [1.54, 1.807) is 6.07 Å². The van der Waals surface area contributed by atoms with Crippen LogP contribution in [0.3, 0.4) is 0 Å². The van der Waals surface area contributed by atoms with Gasteiger partial charge in [-0.2, -0.15) is 0 Å². The van der Waals surface area contributed by atoms with E-state index in [1.807, 2.05) is 13.8 Å². The number of nitro benzene ring substituents is 1. The number of carbonyl (C=O) groups excluding carboxylic acids is 2. The molecule has 0 saturated heterocycles. The molecule has 9 nitrogen and oxygen atoms in total. The first-order valence-corrected chi connectivity index (χ1v) is 9.57. The van der Waals surface area contributed by atoms with Crippen LogP contribution >= 0.6 is 0 Å². The minimum absolute atomic E-state index is 0.0202. The highest BCUT2D eigenvalue weighted by Gasteiger charge is 2.49. The molecule has 0 amide bonds. The fourth-order valence-electron chi connectivity index (χ4n) is 3.98. The molecule has 0 fully saturated rings. The third kappa shape index (κ3) is 4.25. The molecule has 160 valence electrons. The number of rotatable bonds is 6. The van der Waals surface area contributed by atoms with Crippen LogP contribution < -0.4 is 0 Å². The molecule has 0 aromatic heterocycles. The maximum atomic E-state index is 13.1. The lowest BCUT2D eigenvalue weighted by Crippen LogP contribution is -2.42. The van der Waals surface area contributed by atoms with Crippen molar-refractivity contribution in [1.29, 1.82) is 5.41 Å². The largest absolute Gasteiger partial charge is 0.463 e. The number of non-ortho nitro benzene ring substituents is 1. The topological polar surface area (TPSA) is 129 Å². The van der Waals surface area contributed by atoms with E-state index in [0.29, 0.717) is 23.3 Å². The van der Waals surface area contributed by atoms with E-state index in [-0.39, 0.29) is 42.4 Å². The average molecular weight is 416 g/mol. The van der Waals surface area contributed by atoms with Gasteiger partial charge in [0.05, 0.1) is 11.5 Å². The fraction of sp³-hybridized carbons (Fsp3) is 0.476. The Kier molecular flexibility index (Phi) is 6.02. The highest BCUT2D eigenvalue weighted by atomic mass is 16.6. The molecule has 1 aliphatic carbocycles. The van der Waals surface area contributed by atoms with Gasteiger partial charge in [0.1, 0.15) is 18.3 Å². The molecule has 0 spiro atoms. The molecular formula is C21H24N2O7. The Labute approximate surface area is 173 Å². The standard InChI is InChI=1S/C21H24N2O7/c1-21(2)10-14(24)17-15(11-21)30-19(22)18(20(25)29-8-7-28-3)16(17)12-5-4-6-13(9-12)23(26)27/h4-6,9,16,18,22H,7-8,10-11H2,1-3H3. The molecule has 1 aromatic rings. The van der Waals surface area contributed by atoms with E-state index >= 15 is 0 Å². The van der Waals surface area contributed by atoms with Crippen LogP contribution in [0.2, 0.25) is 0 Å². The van der Waals surface area contributed by atoms with E-state index in [9.17, 15) is 19.7 Å². The Balaban J connectivity index is 2.11. The number of methoxy groups -OCH3 is 1. The number of esters is 1. The van der Waals surface area contributed by atoms with Gasteiger partial charge >= 0.3 is 5.97 Å². The number of allylic oxidation sites excluding steroid dienone is 2. The van der Waals surface area contributed by atoms with Crippen LogP contribution in [0.1, 0.15) is 38.2 Å². The Morgan fingerprint density at radius 1 is 1.33 bits per heavy atom. The van der Waals surface area contributed by atoms with Gasteiger partial charge in [0, 0.05) is 43.6 Å². The van der Waals surface area contributed by atoms with Crippen LogP contribution in [0, 0.1) is 26.9 Å². The van der Waals surface area contributed by atoms with Gasteiger partial charge in [0.2, 0.25) is 5.90 Å². The van der Waals surface area contributed by atoms with Gasteiger partial charge < -0.3 is 14.2 Å². The molecule has 0 radical (unpaired) electrons. The quantitative estimate of drug-likeness (QED) is 0.326. The number of ketones is 1. The number of hydrogen-bond acceptors (Lipinski definition) is 8. The monoisotopic (exact) mass is 416 g/mol. The van der Waals surface area contributed by atoms with Crippen molar-refractivity contribution in [1.82, 2.24) is 0 Å². The molecule has 3 rings (SSSR count). The Hall–Kier alpha value is -3.07. The van der Waals surface area contributed by atoms with Crippen molar-refractivity contribution >= 4 is 23.3 Å². The van der Waals surface area contributed by atoms with Crippen molar-refractivity contribution in [3.63, 3.8) is 0 Å². The Bertz CT molecular complexity index is 935. The van der Waals surface area contributed by atoms with E-state index in [2.05, 4.69) is 0 Å². The van der Waals surface area contributed by atoms with Crippen molar-refractivity contribution < 1.29 is 28.7 Å². The number of nitro groups is 1. The summed E-state index contributed by atoms with van der Waals surface area (Å²) in [5, 5.41) is 19.6. The zero-order valence-corrected chi connectivity index (χ0v) is 17.1. The molecule has 9 heteroatoms. The van der Waals surface area contributed by atoms with Gasteiger partial charge in [-0.3, -0.25) is 25.1 Å². The first-order valence-electron chi connectivity index (χ1n) is 9.57. The van der Waals surface area contributed by atoms with Gasteiger partial charge in [0.15, 0.2) is 5.78 Å². The van der Waals surface area contributed by atoms with E-state index < -0.39 is 22.7 Å². The van der Waals surface area contributed by atoms with E-state index in [0.717, 1.165) is 0 Å². The van der Waals surface area contributed by atoms with Gasteiger partial charge in [-0.15, -0.1) is 0 Å². The lowest BCUT2D eigenvalue weighted by atomic mass is 9.68. The van der Waals surface area contributed by atoms with Crippen molar-refractivity contribution in [3.05, 3.63) is 51.3 Å². The number of nitrogens with one attached hydrogen (secondary N) is 1. The fourth-order valence-corrected chi connectivity index (χ4v) is 3.98. The highest BCUT2D eigenvalue weighted by molar-refractivity contribution is 6.06. The molecule has 0 bridgehead atoms. The van der Waals surface area contributed by atoms with Gasteiger partial charge in [0.25, 0.3) is 5.69 Å². The highest BCUT2D eigenvalue weighted by Crippen LogP contribution is 2.48. The normalized spacial score (nSPS) is 22.9. The van der Waals surface area contributed by atoms with E-state index in [4.69, 9.17) is 19.6 Å². The van der Waals surface area contributed by atoms with Crippen molar-refractivity contribution in [2.24, 2.45) is 11.3 Å². The molecule has 2 atom stereocenters. The summed E-state index contributed by atoms with van der Waals surface area (Å²) in [6.45, 7) is 4.01. The minimum Gasteiger partial charge on any atom is -0.463 e. The van der Waals surface area contributed by atoms with Gasteiger partial charge in [-0.25, -0.2) is 0 Å². The zero-order valence-electron chi connectivity index (χ0n) is 17.1. The van der Waals surface area contributed by atoms with Crippen LogP contribution in [0.4, 0.5) is 5.69 Å². The SMILES string of the molecule is COCCOC(=O)C1C(=N)OC2=C(C(=O)CC(C)(C)C2)C1c1cccc([N+](=O)[O-])c1. The third-order valence-corrected chi connectivity index (χ3v) is 5.26. The lowest BCUT2D eigenvalue weighted by Gasteiger charge is -2.40. The molecule has 0 saturated carbocycles. The number of carbonyl (C=O) groups is 2. The number of nitrogens with zero attached hydrogens (tertiary/aromatic N) is 1. The van der Waals surface area contributed by atoms with Crippen molar-refractivity contribution in [3.8, 4) is 0 Å². The third-order valence-electron chi connectivity index (χ3n) is 5.26. The molecule has 2 unspecified atom stereocenters. The number of benzene rings is 1. The maximum absolute atomic E-state index is 13.1. The second-order valence-corrected chi connectivity index (χ2v) is 8.21. The van der Waals surface area contributed by atoms with Crippen LogP contribution in [-0.2, 0) is 23.8 Å². The van der Waals surface area contributed by atoms with Crippen LogP contribution in [0.25, 0.3) is 0 Å². The number of Topliss-reactive ketones (excluding diaryl/α,β-unsaturated/α-hetero) is 1. The van der Waals surface area contributed by atoms with Crippen LogP contribution in [0.5, 0.6) is 0 Å². The first-order chi connectivity index (χ1) is 14.1. The maximum Gasteiger partial charge on any atom is 0.319 e. The summed E-state index contributed by atoms with van der Waals surface area (Å²) in [5.74, 6) is -3.03. The molecular weight excluding hydrogens is 392 g/mol. The van der Waals surface area contributed by atoms with Gasteiger partial charge in [-0.05, 0) is 11.0 Å². The summed E-state index contributed by atoms with van der Waals surface area (Å²) in [6.07, 6.45) is 0.673. The van der Waals surface area contributed by atoms with Crippen molar-refractivity contribution in [2.45, 2.75) is 32.6 Å². The smallest absolute Gasteiger partial charge is 0.319 e. The molecule has 1 N–H and O–H groups in total. The van der Waals surface area contributed by atoms with E-state index in [1.165, 1.54) is 25.3 Å². The minimum atomic E-state index is -1.22. The van der Waals surface area contributed by atoms with Gasteiger partial charge in [-0.1, -0.05) is 26.0 Å². The summed E-state index contributed by atoms with van der Waals surface area (Å²) in [6, 6.07) is 5.78. The van der Waals surface area contributed by atoms with Crippen LogP contribution in [-0.4, -0.2) is 42.9 Å². The summed E-state index contributed by atoms with van der Waals surface area (Å²) in [5.41, 5.74) is 0.170. The molecule has 2 aliphatic rings. The predicted octanol–water partition coefficient (Wildman–Crippen LogP) is 3.13. The summed E-state index contributed by atoms with van der Waals surface area (Å²) < 4.78 is 15.8. The molecule has 1 heterocycles. The number of hydrogen-bond donors (Lipinski definition) is 1. The molecule has 30 heavy (non-hydrogen) atoms. The molecule has 1 aliphatic heterocycles. The summed E-state index contributed by atoms with van der Waals surface area (Å²) in [4.78, 5) is 36.6. The van der Waals surface area contributed by atoms with Crippen LogP contribution in [0.15, 0.2) is 35.6 Å². The Morgan fingerprint density at radius 3 is 2.73 bits per heavy atom. The predicted molar refractivity (Wildman–Crippen MR) is 106 cm³/mol. The Morgan fingerprint density at radius 2 is 2.07 bits per heavy atom. The lowest BCUT2D eigenvalue weighted by molar-refractivity contribution is -0.384. The second-order valence-electron chi connectivity index (χ2n) is 8.21. The second kappa shape index (κ2) is 8.35. The summed E-state index contributed by atoms with van der Waals surface area (Å²) in [7, 11) is 1.46. The zero-order chi connectivity index (χ0) is 22.1. The summed E-state index contributed by atoms with van der Waals surface area (Å²) >= 11 is 0. The number of ether oxygens (including phenoxy) is 3.